The topological polar surface area (TPSA) is 52.7 Å². The number of carbonyl (C=O) groups excluding carboxylic acids is 2. The number of hydrogen-bond acceptors (Lipinski definition) is 3. The number of amides is 2. The van der Waals surface area contributed by atoms with Gasteiger partial charge in [0.1, 0.15) is 0 Å². The van der Waals surface area contributed by atoms with E-state index in [2.05, 4.69) is 5.32 Å². The summed E-state index contributed by atoms with van der Waals surface area (Å²) in [4.78, 5) is 27.9. The molecular weight excluding hydrogens is 266 g/mol. The van der Waals surface area contributed by atoms with Gasteiger partial charge in [0.05, 0.1) is 6.54 Å². The molecule has 5 heteroatoms. The molecule has 1 aromatic rings. The van der Waals surface area contributed by atoms with Crippen LogP contribution in [0.25, 0.3) is 0 Å². The standard InChI is InChI=1S/C16H21N3O2/c1-18(11-15(20)19-8-2-3-9-19)16(21)13-5-4-12-6-7-17-14(12)10-13/h4-5,10,17H,2-3,6-9,11H2,1H3. The summed E-state index contributed by atoms with van der Waals surface area (Å²) in [5, 5.41) is 3.27. The largest absolute Gasteiger partial charge is 0.384 e. The lowest BCUT2D eigenvalue weighted by Gasteiger charge is -2.21. The Morgan fingerprint density at radius 2 is 2.05 bits per heavy atom. The maximum absolute atomic E-state index is 12.4. The highest BCUT2D eigenvalue weighted by Crippen LogP contribution is 2.23. The second kappa shape index (κ2) is 5.76. The van der Waals surface area contributed by atoms with Crippen LogP contribution in [0, 0.1) is 0 Å². The van der Waals surface area contributed by atoms with Crippen LogP contribution in [0.2, 0.25) is 0 Å². The van der Waals surface area contributed by atoms with Gasteiger partial charge in [-0.3, -0.25) is 9.59 Å². The van der Waals surface area contributed by atoms with Crippen LogP contribution in [-0.2, 0) is 11.2 Å². The van der Waals surface area contributed by atoms with Crippen molar-refractivity contribution in [1.29, 1.82) is 0 Å². The van der Waals surface area contributed by atoms with E-state index in [1.165, 1.54) is 10.5 Å². The monoisotopic (exact) mass is 287 g/mol. The van der Waals surface area contributed by atoms with Crippen molar-refractivity contribution in [2.45, 2.75) is 19.3 Å². The summed E-state index contributed by atoms with van der Waals surface area (Å²) in [6.45, 7) is 2.73. The van der Waals surface area contributed by atoms with Crippen molar-refractivity contribution in [3.05, 3.63) is 29.3 Å². The van der Waals surface area contributed by atoms with Gasteiger partial charge >= 0.3 is 0 Å². The Kier molecular flexibility index (Phi) is 3.82. The van der Waals surface area contributed by atoms with Crippen molar-refractivity contribution < 1.29 is 9.59 Å². The fourth-order valence-electron chi connectivity index (χ4n) is 2.99. The first-order chi connectivity index (χ1) is 10.1. The van der Waals surface area contributed by atoms with E-state index in [9.17, 15) is 9.59 Å². The van der Waals surface area contributed by atoms with Gasteiger partial charge in [-0.2, -0.15) is 0 Å². The van der Waals surface area contributed by atoms with Crippen molar-refractivity contribution >= 4 is 17.5 Å². The molecule has 0 atom stereocenters. The van der Waals surface area contributed by atoms with Gasteiger partial charge in [0.2, 0.25) is 5.91 Å². The molecule has 0 saturated carbocycles. The Labute approximate surface area is 124 Å². The second-order valence-corrected chi connectivity index (χ2v) is 5.80. The Bertz CT molecular complexity index is 565. The van der Waals surface area contributed by atoms with E-state index in [-0.39, 0.29) is 18.4 Å². The number of rotatable bonds is 3. The third kappa shape index (κ3) is 2.86. The Balaban J connectivity index is 1.65. The van der Waals surface area contributed by atoms with Gasteiger partial charge in [0.15, 0.2) is 0 Å². The number of likely N-dealkylation sites (tertiary alicyclic amines) is 1. The molecule has 0 spiro atoms. The molecular formula is C16H21N3O2. The average molecular weight is 287 g/mol. The molecule has 2 aliphatic heterocycles. The molecule has 1 N–H and O–H groups in total. The molecule has 2 heterocycles. The molecule has 0 unspecified atom stereocenters. The molecule has 0 aromatic heterocycles. The normalized spacial score (nSPS) is 16.5. The maximum atomic E-state index is 12.4. The number of anilines is 1. The van der Waals surface area contributed by atoms with Gasteiger partial charge in [-0.25, -0.2) is 0 Å². The molecule has 0 radical (unpaired) electrons. The van der Waals surface area contributed by atoms with Gasteiger partial charge < -0.3 is 15.1 Å². The first-order valence-corrected chi connectivity index (χ1v) is 7.55. The molecule has 2 aliphatic rings. The lowest BCUT2D eigenvalue weighted by Crippen LogP contribution is -2.39. The highest BCUT2D eigenvalue weighted by Gasteiger charge is 2.22. The predicted molar refractivity (Wildman–Crippen MR) is 81.4 cm³/mol. The molecule has 1 aromatic carbocycles. The lowest BCUT2D eigenvalue weighted by molar-refractivity contribution is -0.130. The number of fused-ring (bicyclic) bond motifs is 1. The predicted octanol–water partition coefficient (Wildman–Crippen LogP) is 1.35. The summed E-state index contributed by atoms with van der Waals surface area (Å²) in [6, 6.07) is 5.74. The molecule has 1 fully saturated rings. The van der Waals surface area contributed by atoms with E-state index in [1.54, 1.807) is 7.05 Å². The zero-order chi connectivity index (χ0) is 14.8. The molecule has 3 rings (SSSR count). The minimum Gasteiger partial charge on any atom is -0.384 e. The number of likely N-dealkylation sites (N-methyl/N-ethyl adjacent to an activating group) is 1. The Morgan fingerprint density at radius 3 is 2.81 bits per heavy atom. The minimum atomic E-state index is -0.0981. The van der Waals surface area contributed by atoms with Crippen LogP contribution in [-0.4, -0.2) is 54.8 Å². The van der Waals surface area contributed by atoms with E-state index >= 15 is 0 Å². The van der Waals surface area contributed by atoms with Crippen LogP contribution >= 0.6 is 0 Å². The Hall–Kier alpha value is -2.04. The summed E-state index contributed by atoms with van der Waals surface area (Å²) in [7, 11) is 1.69. The van der Waals surface area contributed by atoms with Crippen LogP contribution in [0.5, 0.6) is 0 Å². The third-order valence-corrected chi connectivity index (χ3v) is 4.24. The van der Waals surface area contributed by atoms with Gasteiger partial charge in [0, 0.05) is 37.9 Å². The summed E-state index contributed by atoms with van der Waals surface area (Å²) < 4.78 is 0. The molecule has 112 valence electrons. The van der Waals surface area contributed by atoms with Crippen molar-refractivity contribution in [2.24, 2.45) is 0 Å². The first-order valence-electron chi connectivity index (χ1n) is 7.55. The quantitative estimate of drug-likeness (QED) is 0.913. The van der Waals surface area contributed by atoms with E-state index in [4.69, 9.17) is 0 Å². The van der Waals surface area contributed by atoms with Crippen LogP contribution < -0.4 is 5.32 Å². The van der Waals surface area contributed by atoms with Crippen LogP contribution in [0.15, 0.2) is 18.2 Å². The SMILES string of the molecule is CN(CC(=O)N1CCCC1)C(=O)c1ccc2c(c1)NCC2. The fourth-order valence-corrected chi connectivity index (χ4v) is 2.99. The number of nitrogens with one attached hydrogen (secondary N) is 1. The summed E-state index contributed by atoms with van der Waals surface area (Å²) in [6.07, 6.45) is 3.15. The van der Waals surface area contributed by atoms with E-state index in [1.807, 2.05) is 23.1 Å². The van der Waals surface area contributed by atoms with Crippen molar-refractivity contribution in [3.8, 4) is 0 Å². The zero-order valence-electron chi connectivity index (χ0n) is 12.4. The average Bonchev–Trinajstić information content (AvgIpc) is 3.16. The molecule has 0 bridgehead atoms. The summed E-state index contributed by atoms with van der Waals surface area (Å²) in [5.41, 5.74) is 2.93. The van der Waals surface area contributed by atoms with Crippen LogP contribution in [0.3, 0.4) is 0 Å². The van der Waals surface area contributed by atoms with E-state index in [0.29, 0.717) is 5.56 Å². The minimum absolute atomic E-state index is 0.0441. The zero-order valence-corrected chi connectivity index (χ0v) is 12.4. The van der Waals surface area contributed by atoms with E-state index in [0.717, 1.165) is 44.6 Å². The number of benzene rings is 1. The van der Waals surface area contributed by atoms with Gasteiger partial charge in [-0.15, -0.1) is 0 Å². The summed E-state index contributed by atoms with van der Waals surface area (Å²) >= 11 is 0. The second-order valence-electron chi connectivity index (χ2n) is 5.80. The van der Waals surface area contributed by atoms with Crippen molar-refractivity contribution in [2.75, 3.05) is 38.5 Å². The molecule has 21 heavy (non-hydrogen) atoms. The molecule has 0 aliphatic carbocycles. The van der Waals surface area contributed by atoms with Crippen molar-refractivity contribution in [3.63, 3.8) is 0 Å². The van der Waals surface area contributed by atoms with Crippen LogP contribution in [0.4, 0.5) is 5.69 Å². The maximum Gasteiger partial charge on any atom is 0.254 e. The van der Waals surface area contributed by atoms with Gasteiger partial charge in [0.25, 0.3) is 5.91 Å². The van der Waals surface area contributed by atoms with Crippen LogP contribution in [0.1, 0.15) is 28.8 Å². The summed E-state index contributed by atoms with van der Waals surface area (Å²) in [5.74, 6) is -0.0540. The number of nitrogens with zero attached hydrogens (tertiary/aromatic N) is 2. The highest BCUT2D eigenvalue weighted by molar-refractivity contribution is 5.97. The smallest absolute Gasteiger partial charge is 0.254 e. The van der Waals surface area contributed by atoms with E-state index < -0.39 is 0 Å². The Morgan fingerprint density at radius 1 is 1.29 bits per heavy atom. The molecule has 2 amide bonds. The first kappa shape index (κ1) is 13.9. The van der Waals surface area contributed by atoms with Crippen molar-refractivity contribution in [1.82, 2.24) is 9.80 Å². The highest BCUT2D eigenvalue weighted by atomic mass is 16.2. The fraction of sp³-hybridized carbons (Fsp3) is 0.500. The number of carbonyl (C=O) groups is 2. The molecule has 1 saturated heterocycles. The van der Waals surface area contributed by atoms with Gasteiger partial charge in [-0.05, 0) is 37.0 Å². The molecule has 5 nitrogen and oxygen atoms in total. The lowest BCUT2D eigenvalue weighted by atomic mass is 10.1. The third-order valence-electron chi connectivity index (χ3n) is 4.24. The van der Waals surface area contributed by atoms with Gasteiger partial charge in [-0.1, -0.05) is 6.07 Å². The number of hydrogen-bond donors (Lipinski definition) is 1.